The smallest absolute Gasteiger partial charge is 0.224 e. The summed E-state index contributed by atoms with van der Waals surface area (Å²) >= 11 is 0. The summed E-state index contributed by atoms with van der Waals surface area (Å²) in [6.07, 6.45) is 2.07. The Morgan fingerprint density at radius 3 is 2.44 bits per heavy atom. The Kier molecular flexibility index (Phi) is 5.86. The van der Waals surface area contributed by atoms with E-state index in [0.29, 0.717) is 0 Å². The molecule has 0 heterocycles. The van der Waals surface area contributed by atoms with Gasteiger partial charge in [0.05, 0.1) is 5.92 Å². The maximum absolute atomic E-state index is 12.1. The third-order valence-corrected chi connectivity index (χ3v) is 3.25. The van der Waals surface area contributed by atoms with E-state index < -0.39 is 0 Å². The monoisotopic (exact) mass is 248 g/mol. The van der Waals surface area contributed by atoms with Gasteiger partial charge in [0, 0.05) is 12.1 Å². The molecule has 18 heavy (non-hydrogen) atoms. The molecular formula is C15H24N2O. The molecule has 0 radical (unpaired) electrons. The molecule has 3 heteroatoms. The zero-order chi connectivity index (χ0) is 13.5. The number of rotatable bonds is 6. The SMILES string of the molecule is CCCC(C)NC(=O)C(C)C(N)c1ccccc1. The summed E-state index contributed by atoms with van der Waals surface area (Å²) in [5.41, 5.74) is 7.13. The Bertz CT molecular complexity index is 364. The highest BCUT2D eigenvalue weighted by atomic mass is 16.1. The number of benzene rings is 1. The normalized spacial score (nSPS) is 15.8. The second-order valence-electron chi connectivity index (χ2n) is 4.92. The van der Waals surface area contributed by atoms with Gasteiger partial charge in [0.15, 0.2) is 0 Å². The van der Waals surface area contributed by atoms with E-state index in [1.54, 1.807) is 0 Å². The largest absolute Gasteiger partial charge is 0.353 e. The first-order chi connectivity index (χ1) is 8.56. The standard InChI is InChI=1S/C15H24N2O/c1-4-8-11(2)17-15(18)12(3)14(16)13-9-6-5-7-10-13/h5-7,9-12,14H,4,8,16H2,1-3H3,(H,17,18). The van der Waals surface area contributed by atoms with Crippen LogP contribution in [-0.2, 0) is 4.79 Å². The molecule has 0 aromatic heterocycles. The lowest BCUT2D eigenvalue weighted by molar-refractivity contribution is -0.125. The highest BCUT2D eigenvalue weighted by molar-refractivity contribution is 5.79. The summed E-state index contributed by atoms with van der Waals surface area (Å²) in [6.45, 7) is 6.02. The quantitative estimate of drug-likeness (QED) is 0.813. The van der Waals surface area contributed by atoms with E-state index in [9.17, 15) is 4.79 Å². The molecular weight excluding hydrogens is 224 g/mol. The van der Waals surface area contributed by atoms with Crippen molar-refractivity contribution in [1.82, 2.24) is 5.32 Å². The molecule has 0 saturated heterocycles. The van der Waals surface area contributed by atoms with E-state index in [4.69, 9.17) is 5.73 Å². The van der Waals surface area contributed by atoms with E-state index >= 15 is 0 Å². The van der Waals surface area contributed by atoms with Crippen molar-refractivity contribution in [3.05, 3.63) is 35.9 Å². The molecule has 0 aliphatic carbocycles. The molecule has 1 aromatic carbocycles. The van der Waals surface area contributed by atoms with Gasteiger partial charge in [-0.3, -0.25) is 4.79 Å². The molecule has 0 aliphatic rings. The summed E-state index contributed by atoms with van der Waals surface area (Å²) < 4.78 is 0. The van der Waals surface area contributed by atoms with Gasteiger partial charge in [0.25, 0.3) is 0 Å². The Labute approximate surface area is 110 Å². The number of nitrogens with one attached hydrogen (secondary N) is 1. The summed E-state index contributed by atoms with van der Waals surface area (Å²) in [5.74, 6) is -0.181. The van der Waals surface area contributed by atoms with Crippen molar-refractivity contribution in [1.29, 1.82) is 0 Å². The number of carbonyl (C=O) groups is 1. The average molecular weight is 248 g/mol. The zero-order valence-corrected chi connectivity index (χ0v) is 11.5. The van der Waals surface area contributed by atoms with Gasteiger partial charge in [0.1, 0.15) is 0 Å². The van der Waals surface area contributed by atoms with Gasteiger partial charge in [-0.2, -0.15) is 0 Å². The predicted octanol–water partition coefficient (Wildman–Crippen LogP) is 2.63. The van der Waals surface area contributed by atoms with Crippen LogP contribution in [0, 0.1) is 5.92 Å². The van der Waals surface area contributed by atoms with Gasteiger partial charge >= 0.3 is 0 Å². The minimum Gasteiger partial charge on any atom is -0.353 e. The van der Waals surface area contributed by atoms with Gasteiger partial charge in [-0.25, -0.2) is 0 Å². The van der Waals surface area contributed by atoms with Gasteiger partial charge < -0.3 is 11.1 Å². The molecule has 1 amide bonds. The van der Waals surface area contributed by atoms with Crippen molar-refractivity contribution < 1.29 is 4.79 Å². The van der Waals surface area contributed by atoms with Crippen molar-refractivity contribution in [3.8, 4) is 0 Å². The molecule has 0 spiro atoms. The molecule has 0 fully saturated rings. The first kappa shape index (κ1) is 14.7. The van der Waals surface area contributed by atoms with Crippen molar-refractivity contribution in [3.63, 3.8) is 0 Å². The second-order valence-corrected chi connectivity index (χ2v) is 4.92. The fraction of sp³-hybridized carbons (Fsp3) is 0.533. The molecule has 3 nitrogen and oxygen atoms in total. The van der Waals surface area contributed by atoms with Crippen molar-refractivity contribution >= 4 is 5.91 Å². The summed E-state index contributed by atoms with van der Waals surface area (Å²) in [5, 5.41) is 3.01. The van der Waals surface area contributed by atoms with Crippen molar-refractivity contribution in [2.75, 3.05) is 0 Å². The van der Waals surface area contributed by atoms with Crippen LogP contribution in [0.5, 0.6) is 0 Å². The Morgan fingerprint density at radius 1 is 1.28 bits per heavy atom. The van der Waals surface area contributed by atoms with Gasteiger partial charge in [-0.1, -0.05) is 50.6 Å². The van der Waals surface area contributed by atoms with Crippen LogP contribution in [-0.4, -0.2) is 11.9 Å². The van der Waals surface area contributed by atoms with Crippen molar-refractivity contribution in [2.24, 2.45) is 11.7 Å². The molecule has 0 aliphatic heterocycles. The van der Waals surface area contributed by atoms with Crippen LogP contribution in [0.15, 0.2) is 30.3 Å². The second kappa shape index (κ2) is 7.17. The third kappa shape index (κ3) is 4.15. The Balaban J connectivity index is 2.58. The van der Waals surface area contributed by atoms with E-state index in [0.717, 1.165) is 18.4 Å². The van der Waals surface area contributed by atoms with Crippen LogP contribution in [0.1, 0.15) is 45.2 Å². The van der Waals surface area contributed by atoms with Crippen LogP contribution in [0.4, 0.5) is 0 Å². The minimum atomic E-state index is -0.250. The van der Waals surface area contributed by atoms with Crippen LogP contribution >= 0.6 is 0 Å². The van der Waals surface area contributed by atoms with E-state index in [-0.39, 0.29) is 23.9 Å². The summed E-state index contributed by atoms with van der Waals surface area (Å²) in [7, 11) is 0. The zero-order valence-electron chi connectivity index (χ0n) is 11.5. The number of nitrogens with two attached hydrogens (primary N) is 1. The number of amides is 1. The Hall–Kier alpha value is -1.35. The lowest BCUT2D eigenvalue weighted by atomic mass is 9.94. The first-order valence-electron chi connectivity index (χ1n) is 6.67. The average Bonchev–Trinajstić information content (AvgIpc) is 2.38. The lowest BCUT2D eigenvalue weighted by Crippen LogP contribution is -2.40. The van der Waals surface area contributed by atoms with Crippen LogP contribution in [0.2, 0.25) is 0 Å². The molecule has 3 N–H and O–H groups in total. The fourth-order valence-corrected chi connectivity index (χ4v) is 2.01. The first-order valence-corrected chi connectivity index (χ1v) is 6.67. The maximum atomic E-state index is 12.1. The van der Waals surface area contributed by atoms with Crippen LogP contribution in [0.25, 0.3) is 0 Å². The molecule has 0 bridgehead atoms. The van der Waals surface area contributed by atoms with E-state index in [1.807, 2.05) is 44.2 Å². The maximum Gasteiger partial charge on any atom is 0.224 e. The molecule has 3 atom stereocenters. The Morgan fingerprint density at radius 2 is 1.89 bits per heavy atom. The topological polar surface area (TPSA) is 55.1 Å². The number of hydrogen-bond donors (Lipinski definition) is 2. The van der Waals surface area contributed by atoms with Gasteiger partial charge in [-0.15, -0.1) is 0 Å². The molecule has 3 unspecified atom stereocenters. The summed E-state index contributed by atoms with van der Waals surface area (Å²) in [4.78, 5) is 12.1. The van der Waals surface area contributed by atoms with Crippen LogP contribution < -0.4 is 11.1 Å². The minimum absolute atomic E-state index is 0.0345. The van der Waals surface area contributed by atoms with Crippen molar-refractivity contribution in [2.45, 2.75) is 45.7 Å². The van der Waals surface area contributed by atoms with E-state index in [1.165, 1.54) is 0 Å². The van der Waals surface area contributed by atoms with Gasteiger partial charge in [-0.05, 0) is 18.9 Å². The molecule has 1 rings (SSSR count). The van der Waals surface area contributed by atoms with E-state index in [2.05, 4.69) is 12.2 Å². The number of hydrogen-bond acceptors (Lipinski definition) is 2. The lowest BCUT2D eigenvalue weighted by Gasteiger charge is -2.22. The van der Waals surface area contributed by atoms with Gasteiger partial charge in [0.2, 0.25) is 5.91 Å². The number of carbonyl (C=O) groups excluding carboxylic acids is 1. The highest BCUT2D eigenvalue weighted by Gasteiger charge is 2.22. The molecule has 1 aromatic rings. The fourth-order valence-electron chi connectivity index (χ4n) is 2.01. The summed E-state index contributed by atoms with van der Waals surface area (Å²) in [6, 6.07) is 9.73. The third-order valence-electron chi connectivity index (χ3n) is 3.25. The predicted molar refractivity (Wildman–Crippen MR) is 75.0 cm³/mol. The molecule has 0 saturated carbocycles. The molecule has 100 valence electrons. The van der Waals surface area contributed by atoms with Crippen LogP contribution in [0.3, 0.4) is 0 Å². The highest BCUT2D eigenvalue weighted by Crippen LogP contribution is 2.19.